The largest absolute Gasteiger partial charge is 0.504 e. The fourth-order valence-electron chi connectivity index (χ4n) is 2.74. The first kappa shape index (κ1) is 11.3. The molecule has 0 aliphatic carbocycles. The monoisotopic (exact) mass is 272 g/mol. The van der Waals surface area contributed by atoms with Gasteiger partial charge in [0, 0.05) is 5.39 Å². The van der Waals surface area contributed by atoms with E-state index >= 15 is 0 Å². The third-order valence-corrected chi connectivity index (χ3v) is 3.58. The average molecular weight is 272 g/mol. The van der Waals surface area contributed by atoms with Crippen LogP contribution in [0.15, 0.2) is 22.6 Å². The summed E-state index contributed by atoms with van der Waals surface area (Å²) in [7, 11) is 1.50. The van der Waals surface area contributed by atoms with Crippen molar-refractivity contribution in [3.63, 3.8) is 0 Å². The Bertz CT molecular complexity index is 847. The van der Waals surface area contributed by atoms with Crippen LogP contribution in [0.3, 0.4) is 0 Å². The molecule has 0 atom stereocenters. The highest BCUT2D eigenvalue weighted by Crippen LogP contribution is 2.48. The van der Waals surface area contributed by atoms with Crippen molar-refractivity contribution in [2.45, 2.75) is 6.92 Å². The van der Waals surface area contributed by atoms with E-state index in [1.807, 2.05) is 19.1 Å². The Hall–Kier alpha value is -2.56. The summed E-state index contributed by atoms with van der Waals surface area (Å²) in [5.74, 6) is 1.77. The van der Waals surface area contributed by atoms with Crippen LogP contribution in [0.5, 0.6) is 23.0 Å². The summed E-state index contributed by atoms with van der Waals surface area (Å²) < 4.78 is 22.0. The van der Waals surface area contributed by atoms with Gasteiger partial charge in [-0.1, -0.05) is 0 Å². The van der Waals surface area contributed by atoms with Gasteiger partial charge < -0.3 is 23.7 Å². The number of methoxy groups -OCH3 is 1. The van der Waals surface area contributed by atoms with Crippen molar-refractivity contribution in [1.29, 1.82) is 0 Å². The smallest absolute Gasteiger partial charge is 0.231 e. The van der Waals surface area contributed by atoms with Gasteiger partial charge in [-0.15, -0.1) is 0 Å². The van der Waals surface area contributed by atoms with E-state index in [2.05, 4.69) is 0 Å². The zero-order chi connectivity index (χ0) is 13.9. The predicted octanol–water partition coefficient (Wildman–Crippen LogP) is 3.34. The molecule has 0 amide bonds. The molecule has 4 rings (SSSR count). The van der Waals surface area contributed by atoms with Gasteiger partial charge in [0.25, 0.3) is 0 Å². The highest BCUT2D eigenvalue weighted by atomic mass is 16.7. The van der Waals surface area contributed by atoms with E-state index in [4.69, 9.17) is 18.6 Å². The quantitative estimate of drug-likeness (QED) is 0.736. The van der Waals surface area contributed by atoms with Crippen molar-refractivity contribution in [3.05, 3.63) is 23.8 Å². The highest BCUT2D eigenvalue weighted by molar-refractivity contribution is 6.13. The summed E-state index contributed by atoms with van der Waals surface area (Å²) in [5, 5.41) is 11.7. The summed E-state index contributed by atoms with van der Waals surface area (Å²) in [6.07, 6.45) is 0. The fourth-order valence-corrected chi connectivity index (χ4v) is 2.74. The zero-order valence-electron chi connectivity index (χ0n) is 11.0. The maximum atomic E-state index is 9.97. The molecule has 5 heteroatoms. The summed E-state index contributed by atoms with van der Waals surface area (Å²) >= 11 is 0. The topological polar surface area (TPSA) is 61.1 Å². The molecule has 2 aromatic carbocycles. The normalized spacial score (nSPS) is 13.3. The second kappa shape index (κ2) is 3.72. The molecule has 0 bridgehead atoms. The number of hydrogen-bond acceptors (Lipinski definition) is 5. The molecular formula is C15H12O5. The molecule has 0 radical (unpaired) electrons. The lowest BCUT2D eigenvalue weighted by atomic mass is 10.1. The molecule has 0 fully saturated rings. The minimum Gasteiger partial charge on any atom is -0.504 e. The molecule has 1 aliphatic rings. The van der Waals surface area contributed by atoms with Gasteiger partial charge in [-0.05, 0) is 30.7 Å². The Balaban J connectivity index is 2.25. The average Bonchev–Trinajstić information content (AvgIpc) is 3.01. The van der Waals surface area contributed by atoms with Gasteiger partial charge >= 0.3 is 0 Å². The van der Waals surface area contributed by atoms with E-state index in [9.17, 15) is 5.11 Å². The van der Waals surface area contributed by atoms with Crippen LogP contribution in [0.1, 0.15) is 5.56 Å². The van der Waals surface area contributed by atoms with Crippen molar-refractivity contribution in [1.82, 2.24) is 0 Å². The summed E-state index contributed by atoms with van der Waals surface area (Å²) in [6, 6.07) is 5.30. The molecule has 0 unspecified atom stereocenters. The Morgan fingerprint density at radius 3 is 2.85 bits per heavy atom. The number of hydrogen-bond donors (Lipinski definition) is 1. The number of aryl methyl sites for hydroxylation is 1. The van der Waals surface area contributed by atoms with Crippen LogP contribution >= 0.6 is 0 Å². The van der Waals surface area contributed by atoms with Crippen molar-refractivity contribution in [2.24, 2.45) is 0 Å². The van der Waals surface area contributed by atoms with E-state index in [1.54, 1.807) is 6.07 Å². The van der Waals surface area contributed by atoms with Gasteiger partial charge in [-0.2, -0.15) is 0 Å². The first-order valence-corrected chi connectivity index (χ1v) is 6.22. The lowest BCUT2D eigenvalue weighted by Crippen LogP contribution is -1.93. The first-order valence-electron chi connectivity index (χ1n) is 6.22. The van der Waals surface area contributed by atoms with E-state index in [0.29, 0.717) is 28.4 Å². The van der Waals surface area contributed by atoms with Crippen LogP contribution in [0.2, 0.25) is 0 Å². The van der Waals surface area contributed by atoms with Crippen LogP contribution in [0, 0.1) is 6.92 Å². The Labute approximate surface area is 114 Å². The lowest BCUT2D eigenvalue weighted by Gasteiger charge is -2.05. The lowest BCUT2D eigenvalue weighted by molar-refractivity contribution is 0.175. The number of phenolic OH excluding ortho intramolecular Hbond substituents is 1. The summed E-state index contributed by atoms with van der Waals surface area (Å²) in [6.45, 7) is 2.11. The number of aromatic hydroxyl groups is 1. The Morgan fingerprint density at radius 1 is 1.20 bits per heavy atom. The summed E-state index contributed by atoms with van der Waals surface area (Å²) in [5.41, 5.74) is 2.08. The fraction of sp³-hybridized carbons (Fsp3) is 0.200. The number of furan rings is 1. The van der Waals surface area contributed by atoms with Gasteiger partial charge in [0.1, 0.15) is 5.58 Å². The molecule has 5 nitrogen and oxygen atoms in total. The van der Waals surface area contributed by atoms with Crippen LogP contribution in [-0.2, 0) is 0 Å². The van der Waals surface area contributed by atoms with Gasteiger partial charge in [0.15, 0.2) is 22.8 Å². The van der Waals surface area contributed by atoms with Crippen molar-refractivity contribution < 1.29 is 23.7 Å². The molecule has 0 saturated carbocycles. The summed E-state index contributed by atoms with van der Waals surface area (Å²) in [4.78, 5) is 0. The van der Waals surface area contributed by atoms with E-state index in [-0.39, 0.29) is 12.5 Å². The Kier molecular flexibility index (Phi) is 2.10. The van der Waals surface area contributed by atoms with Crippen LogP contribution in [-0.4, -0.2) is 19.0 Å². The van der Waals surface area contributed by atoms with Crippen LogP contribution in [0.4, 0.5) is 0 Å². The molecule has 102 valence electrons. The number of rotatable bonds is 1. The van der Waals surface area contributed by atoms with Gasteiger partial charge in [0.05, 0.1) is 12.5 Å². The van der Waals surface area contributed by atoms with Crippen LogP contribution in [0.25, 0.3) is 21.9 Å². The zero-order valence-corrected chi connectivity index (χ0v) is 11.0. The molecule has 3 aromatic rings. The van der Waals surface area contributed by atoms with Gasteiger partial charge in [0.2, 0.25) is 12.5 Å². The van der Waals surface area contributed by atoms with Crippen molar-refractivity contribution in [2.75, 3.05) is 13.9 Å². The molecule has 0 saturated heterocycles. The van der Waals surface area contributed by atoms with E-state index < -0.39 is 0 Å². The van der Waals surface area contributed by atoms with Crippen molar-refractivity contribution >= 4 is 21.9 Å². The molecule has 2 heterocycles. The van der Waals surface area contributed by atoms with E-state index in [1.165, 1.54) is 7.11 Å². The SMILES string of the molecule is COc1c(O)cc(C)c2c1oc1ccc3c(c12)OCO3. The predicted molar refractivity (Wildman–Crippen MR) is 72.8 cm³/mol. The van der Waals surface area contributed by atoms with Crippen LogP contribution < -0.4 is 14.2 Å². The maximum Gasteiger partial charge on any atom is 0.231 e. The number of benzene rings is 2. The first-order chi connectivity index (χ1) is 9.70. The molecule has 1 aromatic heterocycles. The maximum absolute atomic E-state index is 9.97. The standard InChI is InChI=1S/C15H12O5/c1-7-5-8(16)13(17-2)15-11(7)12-9(20-15)3-4-10-14(12)19-6-18-10/h3-5,16H,6H2,1-2H3. The van der Waals surface area contributed by atoms with E-state index in [0.717, 1.165) is 16.3 Å². The second-order valence-electron chi connectivity index (χ2n) is 4.72. The van der Waals surface area contributed by atoms with Gasteiger partial charge in [-0.25, -0.2) is 0 Å². The molecule has 1 N–H and O–H groups in total. The number of fused-ring (bicyclic) bond motifs is 5. The minimum atomic E-state index is 0.0605. The third-order valence-electron chi connectivity index (χ3n) is 3.58. The number of ether oxygens (including phenoxy) is 3. The third kappa shape index (κ3) is 1.27. The molecule has 20 heavy (non-hydrogen) atoms. The molecule has 1 aliphatic heterocycles. The highest BCUT2D eigenvalue weighted by Gasteiger charge is 2.25. The number of phenols is 1. The molecular weight excluding hydrogens is 260 g/mol. The molecule has 0 spiro atoms. The second-order valence-corrected chi connectivity index (χ2v) is 4.72. The van der Waals surface area contributed by atoms with Crippen molar-refractivity contribution in [3.8, 4) is 23.0 Å². The van der Waals surface area contributed by atoms with Gasteiger partial charge in [-0.3, -0.25) is 0 Å². The minimum absolute atomic E-state index is 0.0605. The Morgan fingerprint density at radius 2 is 2.05 bits per heavy atom.